The Morgan fingerprint density at radius 3 is 2.25 bits per heavy atom. The number of nitrogens with one attached hydrogen (secondary N) is 1. The van der Waals surface area contributed by atoms with Gasteiger partial charge in [-0.1, -0.05) is 42.5 Å². The largest absolute Gasteiger partial charge is 0.481 e. The average molecular weight is 343 g/mol. The molecule has 0 aliphatic heterocycles. The molecule has 5 heteroatoms. The van der Waals surface area contributed by atoms with Crippen LogP contribution in [-0.2, 0) is 15.3 Å². The molecule has 0 fully saturated rings. The van der Waals surface area contributed by atoms with Crippen LogP contribution in [0.4, 0.5) is 5.69 Å². The van der Waals surface area contributed by atoms with Gasteiger partial charge in [-0.25, -0.2) is 0 Å². The normalized spacial score (nSPS) is 13.1. The van der Waals surface area contributed by atoms with Gasteiger partial charge in [0.05, 0.1) is 11.2 Å². The molecule has 2 N–H and O–H groups in total. The highest BCUT2D eigenvalue weighted by Crippen LogP contribution is 2.21. The molecule has 1 amide bonds. The molecule has 2 unspecified atom stereocenters. The lowest BCUT2D eigenvalue weighted by Gasteiger charge is -2.13. The molecule has 0 saturated carbocycles. The maximum absolute atomic E-state index is 12.2. The van der Waals surface area contributed by atoms with E-state index in [9.17, 15) is 9.59 Å². The summed E-state index contributed by atoms with van der Waals surface area (Å²) in [7, 11) is 0. The zero-order valence-electron chi connectivity index (χ0n) is 13.7. The molecule has 0 bridgehead atoms. The summed E-state index contributed by atoms with van der Waals surface area (Å²) in [5.74, 6) is -0.701. The molecule has 2 atom stereocenters. The predicted molar refractivity (Wildman–Crippen MR) is 98.3 cm³/mol. The number of hydrogen-bond acceptors (Lipinski definition) is 3. The summed E-state index contributed by atoms with van der Waals surface area (Å²) in [4.78, 5) is 23.2. The Hall–Kier alpha value is -2.27. The molecule has 0 aliphatic carbocycles. The lowest BCUT2D eigenvalue weighted by molar-refractivity contribution is -0.138. The first kappa shape index (κ1) is 18.1. The monoisotopic (exact) mass is 343 g/mol. The lowest BCUT2D eigenvalue weighted by Crippen LogP contribution is -2.22. The third-order valence-electron chi connectivity index (χ3n) is 3.76. The van der Waals surface area contributed by atoms with Crippen LogP contribution in [-0.4, -0.2) is 22.2 Å². The van der Waals surface area contributed by atoms with E-state index in [4.69, 9.17) is 5.11 Å². The summed E-state index contributed by atoms with van der Waals surface area (Å²) >= 11 is 1.58. The predicted octanol–water partition coefficient (Wildman–Crippen LogP) is 4.14. The molecular weight excluding hydrogens is 322 g/mol. The zero-order chi connectivity index (χ0) is 17.5. The van der Waals surface area contributed by atoms with Crippen LogP contribution in [0.1, 0.15) is 30.9 Å². The van der Waals surface area contributed by atoms with Crippen molar-refractivity contribution in [1.29, 1.82) is 0 Å². The number of benzene rings is 2. The molecule has 126 valence electrons. The van der Waals surface area contributed by atoms with Gasteiger partial charge in [0.2, 0.25) is 5.91 Å². The Bertz CT molecular complexity index is 686. The molecule has 4 nitrogen and oxygen atoms in total. The molecule has 24 heavy (non-hydrogen) atoms. The minimum absolute atomic E-state index is 0.0602. The maximum atomic E-state index is 12.2. The third kappa shape index (κ3) is 5.13. The number of aliphatic carboxylic acids is 1. The van der Waals surface area contributed by atoms with Crippen LogP contribution >= 0.6 is 11.8 Å². The van der Waals surface area contributed by atoms with E-state index in [0.717, 1.165) is 5.75 Å². The van der Waals surface area contributed by atoms with E-state index >= 15 is 0 Å². The van der Waals surface area contributed by atoms with Gasteiger partial charge in [0, 0.05) is 11.4 Å². The van der Waals surface area contributed by atoms with E-state index < -0.39 is 11.9 Å². The highest BCUT2D eigenvalue weighted by molar-refractivity contribution is 7.99. The fraction of sp³-hybridized carbons (Fsp3) is 0.263. The van der Waals surface area contributed by atoms with Crippen molar-refractivity contribution in [3.05, 3.63) is 65.7 Å². The zero-order valence-corrected chi connectivity index (χ0v) is 14.5. The van der Waals surface area contributed by atoms with Gasteiger partial charge in [-0.05, 0) is 37.1 Å². The van der Waals surface area contributed by atoms with Crippen molar-refractivity contribution in [2.75, 3.05) is 5.32 Å². The molecule has 0 spiro atoms. The number of carbonyl (C=O) groups excluding carboxylic acids is 1. The van der Waals surface area contributed by atoms with Crippen molar-refractivity contribution in [1.82, 2.24) is 0 Å². The average Bonchev–Trinajstić information content (AvgIpc) is 2.60. The van der Waals surface area contributed by atoms with Crippen molar-refractivity contribution >= 4 is 29.3 Å². The van der Waals surface area contributed by atoms with Gasteiger partial charge in [-0.3, -0.25) is 9.59 Å². The fourth-order valence-corrected chi connectivity index (χ4v) is 2.96. The van der Waals surface area contributed by atoms with Crippen LogP contribution in [0, 0.1) is 0 Å². The van der Waals surface area contributed by atoms with Gasteiger partial charge in [0.1, 0.15) is 0 Å². The third-order valence-corrected chi connectivity index (χ3v) is 4.97. The molecule has 2 rings (SSSR count). The number of rotatable bonds is 7. The van der Waals surface area contributed by atoms with E-state index in [1.165, 1.54) is 5.56 Å². The standard InChI is InChI=1S/C19H21NO3S/c1-13(19(22)23)16-8-10-17(11-9-16)20-18(21)14(2)24-12-15-6-4-3-5-7-15/h3-11,13-14H,12H2,1-2H3,(H,20,21)(H,22,23). The van der Waals surface area contributed by atoms with Gasteiger partial charge in [-0.15, -0.1) is 11.8 Å². The summed E-state index contributed by atoms with van der Waals surface area (Å²) in [6, 6.07) is 17.0. The molecular formula is C19H21NO3S. The number of hydrogen-bond donors (Lipinski definition) is 2. The number of amides is 1. The van der Waals surface area contributed by atoms with Crippen LogP contribution in [0.25, 0.3) is 0 Å². The van der Waals surface area contributed by atoms with Crippen LogP contribution in [0.15, 0.2) is 54.6 Å². The van der Waals surface area contributed by atoms with Crippen LogP contribution in [0.5, 0.6) is 0 Å². The molecule has 0 heterocycles. The van der Waals surface area contributed by atoms with Gasteiger partial charge in [-0.2, -0.15) is 0 Å². The first-order valence-corrected chi connectivity index (χ1v) is 8.81. The highest BCUT2D eigenvalue weighted by atomic mass is 32.2. The second kappa shape index (κ2) is 8.55. The van der Waals surface area contributed by atoms with E-state index in [1.54, 1.807) is 43.0 Å². The van der Waals surface area contributed by atoms with Crippen molar-refractivity contribution in [3.63, 3.8) is 0 Å². The second-order valence-corrected chi connectivity index (χ2v) is 6.94. The molecule has 2 aromatic rings. The first-order chi connectivity index (χ1) is 11.5. The van der Waals surface area contributed by atoms with E-state index in [0.29, 0.717) is 11.3 Å². The lowest BCUT2D eigenvalue weighted by atomic mass is 10.0. The van der Waals surface area contributed by atoms with Crippen molar-refractivity contribution in [3.8, 4) is 0 Å². The number of anilines is 1. The summed E-state index contributed by atoms with van der Waals surface area (Å²) in [5, 5.41) is 11.7. The van der Waals surface area contributed by atoms with Crippen LogP contribution in [0.2, 0.25) is 0 Å². The maximum Gasteiger partial charge on any atom is 0.310 e. The quantitative estimate of drug-likeness (QED) is 0.793. The van der Waals surface area contributed by atoms with E-state index in [1.807, 2.05) is 37.3 Å². The Balaban J connectivity index is 1.88. The summed E-state index contributed by atoms with van der Waals surface area (Å²) in [6.45, 7) is 3.52. The van der Waals surface area contributed by atoms with Crippen molar-refractivity contribution in [2.45, 2.75) is 30.8 Å². The molecule has 2 aromatic carbocycles. The van der Waals surface area contributed by atoms with Crippen molar-refractivity contribution in [2.24, 2.45) is 0 Å². The second-order valence-electron chi connectivity index (χ2n) is 5.61. The summed E-state index contributed by atoms with van der Waals surface area (Å²) in [5.41, 5.74) is 2.58. The van der Waals surface area contributed by atoms with Gasteiger partial charge in [0.15, 0.2) is 0 Å². The molecule has 0 saturated heterocycles. The number of carboxylic acid groups (broad SMARTS) is 1. The SMILES string of the molecule is CC(SCc1ccccc1)C(=O)Nc1ccc(C(C)C(=O)O)cc1. The van der Waals surface area contributed by atoms with Gasteiger partial charge in [0.25, 0.3) is 0 Å². The van der Waals surface area contributed by atoms with E-state index in [2.05, 4.69) is 5.32 Å². The molecule has 0 aliphatic rings. The molecule has 0 aromatic heterocycles. The topological polar surface area (TPSA) is 66.4 Å². The van der Waals surface area contributed by atoms with Crippen molar-refractivity contribution < 1.29 is 14.7 Å². The summed E-state index contributed by atoms with van der Waals surface area (Å²) in [6.07, 6.45) is 0. The van der Waals surface area contributed by atoms with Gasteiger partial charge < -0.3 is 10.4 Å². The minimum Gasteiger partial charge on any atom is -0.481 e. The smallest absolute Gasteiger partial charge is 0.310 e. The van der Waals surface area contributed by atoms with E-state index in [-0.39, 0.29) is 11.2 Å². The highest BCUT2D eigenvalue weighted by Gasteiger charge is 2.15. The minimum atomic E-state index is -0.863. The van der Waals surface area contributed by atoms with Crippen LogP contribution < -0.4 is 5.32 Å². The Labute approximate surface area is 146 Å². The number of thioether (sulfide) groups is 1. The molecule has 0 radical (unpaired) electrons. The number of carboxylic acids is 1. The van der Waals surface area contributed by atoms with Crippen LogP contribution in [0.3, 0.4) is 0 Å². The Morgan fingerprint density at radius 1 is 1.04 bits per heavy atom. The first-order valence-electron chi connectivity index (χ1n) is 7.76. The Morgan fingerprint density at radius 2 is 1.67 bits per heavy atom. The van der Waals surface area contributed by atoms with Gasteiger partial charge >= 0.3 is 5.97 Å². The summed E-state index contributed by atoms with van der Waals surface area (Å²) < 4.78 is 0. The fourth-order valence-electron chi connectivity index (χ4n) is 2.11. The number of carbonyl (C=O) groups is 2. The Kier molecular flexibility index (Phi) is 6.44.